The fourth-order valence-corrected chi connectivity index (χ4v) is 5.27. The Balaban J connectivity index is 1.84. The summed E-state index contributed by atoms with van der Waals surface area (Å²) < 4.78 is 10.5. The van der Waals surface area contributed by atoms with Crippen molar-refractivity contribution in [2.45, 2.75) is 58.9 Å². The van der Waals surface area contributed by atoms with Crippen LogP contribution in [-0.4, -0.2) is 48.4 Å². The molecule has 0 bridgehead atoms. The summed E-state index contributed by atoms with van der Waals surface area (Å²) in [6.45, 7) is 4.79. The molecule has 1 fully saturated rings. The number of rotatable bonds is 10. The van der Waals surface area contributed by atoms with Gasteiger partial charge in [0.2, 0.25) is 11.8 Å². The van der Waals surface area contributed by atoms with Gasteiger partial charge in [-0.25, -0.2) is 0 Å². The smallest absolute Gasteiger partial charge is 0.318 e. The number of amides is 2. The summed E-state index contributed by atoms with van der Waals surface area (Å²) in [5, 5.41) is 4.81. The second-order valence-corrected chi connectivity index (χ2v) is 9.32. The van der Waals surface area contributed by atoms with Gasteiger partial charge >= 0.3 is 11.9 Å². The summed E-state index contributed by atoms with van der Waals surface area (Å²) in [7, 11) is 0. The number of allylic oxidation sites excluding steroid dienone is 1. The summed E-state index contributed by atoms with van der Waals surface area (Å²) in [5.41, 5.74) is -0.549. The van der Waals surface area contributed by atoms with Crippen molar-refractivity contribution in [3.05, 3.63) is 34.2 Å². The van der Waals surface area contributed by atoms with Crippen molar-refractivity contribution in [2.75, 3.05) is 19.8 Å². The highest BCUT2D eigenvalue weighted by Gasteiger charge is 2.54. The van der Waals surface area contributed by atoms with Crippen LogP contribution in [0.3, 0.4) is 0 Å². The van der Waals surface area contributed by atoms with Gasteiger partial charge in [0.05, 0.1) is 19.8 Å². The minimum atomic E-state index is -1.16. The highest BCUT2D eigenvalue weighted by atomic mass is 32.1. The lowest BCUT2D eigenvalue weighted by molar-refractivity contribution is -0.162. The van der Waals surface area contributed by atoms with Gasteiger partial charge < -0.3 is 19.7 Å². The highest BCUT2D eigenvalue weighted by molar-refractivity contribution is 7.09. The number of ether oxygens (including phenoxy) is 2. The second-order valence-electron chi connectivity index (χ2n) is 8.29. The van der Waals surface area contributed by atoms with Crippen molar-refractivity contribution in [1.82, 2.24) is 10.2 Å². The topological polar surface area (TPSA) is 102 Å². The Bertz CT molecular complexity index is 897. The lowest BCUT2D eigenvalue weighted by Gasteiger charge is -2.47. The minimum absolute atomic E-state index is 0.0193. The van der Waals surface area contributed by atoms with Gasteiger partial charge in [0.25, 0.3) is 0 Å². The Labute approximate surface area is 198 Å². The molecule has 0 aromatic carbocycles. The Morgan fingerprint density at radius 3 is 2.73 bits per heavy atom. The number of piperidine rings is 1. The molecule has 3 rings (SSSR count). The Morgan fingerprint density at radius 2 is 2.03 bits per heavy atom. The van der Waals surface area contributed by atoms with Crippen molar-refractivity contribution in [2.24, 2.45) is 11.3 Å². The minimum Gasteiger partial charge on any atom is -0.466 e. The first-order valence-corrected chi connectivity index (χ1v) is 12.4. The van der Waals surface area contributed by atoms with Crippen molar-refractivity contribution in [3.8, 4) is 0 Å². The molecule has 0 saturated carbocycles. The Morgan fingerprint density at radius 1 is 1.24 bits per heavy atom. The van der Waals surface area contributed by atoms with E-state index in [1.807, 2.05) is 23.6 Å². The molecule has 9 heteroatoms. The van der Waals surface area contributed by atoms with Gasteiger partial charge in [0, 0.05) is 35.9 Å². The van der Waals surface area contributed by atoms with Crippen LogP contribution >= 0.6 is 11.3 Å². The number of hydrogen-bond acceptors (Lipinski definition) is 7. The van der Waals surface area contributed by atoms with Crippen LogP contribution in [-0.2, 0) is 35.2 Å². The van der Waals surface area contributed by atoms with E-state index < -0.39 is 23.3 Å². The zero-order valence-electron chi connectivity index (χ0n) is 19.3. The quantitative estimate of drug-likeness (QED) is 0.521. The third kappa shape index (κ3) is 5.82. The van der Waals surface area contributed by atoms with Crippen LogP contribution in [0.15, 0.2) is 29.3 Å². The molecule has 2 aliphatic heterocycles. The summed E-state index contributed by atoms with van der Waals surface area (Å²) in [6, 6.07) is 3.85. The zero-order valence-corrected chi connectivity index (χ0v) is 20.1. The maximum Gasteiger partial charge on any atom is 0.318 e. The lowest BCUT2D eigenvalue weighted by Crippen LogP contribution is -2.54. The zero-order chi connectivity index (χ0) is 23.8. The molecule has 1 saturated heterocycles. The van der Waals surface area contributed by atoms with Gasteiger partial charge in [-0.2, -0.15) is 0 Å². The van der Waals surface area contributed by atoms with Crippen molar-refractivity contribution < 1.29 is 28.7 Å². The predicted octanol–water partition coefficient (Wildman–Crippen LogP) is 3.17. The molecule has 0 radical (unpaired) electrons. The van der Waals surface area contributed by atoms with E-state index in [1.54, 1.807) is 30.1 Å². The number of carbonyl (C=O) groups is 4. The van der Waals surface area contributed by atoms with Gasteiger partial charge in [-0.3, -0.25) is 19.2 Å². The summed E-state index contributed by atoms with van der Waals surface area (Å²) in [6.07, 6.45) is 3.76. The number of thiophene rings is 1. The van der Waals surface area contributed by atoms with Gasteiger partial charge in [-0.15, -0.1) is 11.3 Å². The highest BCUT2D eigenvalue weighted by Crippen LogP contribution is 2.49. The molecular formula is C24H32N2O6S. The third-order valence-corrected chi connectivity index (χ3v) is 6.99. The van der Waals surface area contributed by atoms with Crippen LogP contribution in [0, 0.1) is 11.3 Å². The molecule has 8 nitrogen and oxygen atoms in total. The number of esters is 2. The summed E-state index contributed by atoms with van der Waals surface area (Å²) in [5.74, 6) is -1.91. The van der Waals surface area contributed by atoms with E-state index in [2.05, 4.69) is 5.32 Å². The molecule has 2 aliphatic rings. The average Bonchev–Trinajstić information content (AvgIpc) is 3.33. The lowest BCUT2D eigenvalue weighted by atomic mass is 9.67. The molecule has 1 aromatic rings. The van der Waals surface area contributed by atoms with Gasteiger partial charge in [-0.05, 0) is 51.0 Å². The molecular weight excluding hydrogens is 444 g/mol. The maximum atomic E-state index is 13.3. The molecule has 1 aromatic heterocycles. The van der Waals surface area contributed by atoms with E-state index in [0.29, 0.717) is 18.8 Å². The normalized spacial score (nSPS) is 22.2. The first kappa shape index (κ1) is 25.0. The number of nitrogens with one attached hydrogen (secondary N) is 1. The molecule has 33 heavy (non-hydrogen) atoms. The molecule has 1 N–H and O–H groups in total. The SMILES string of the molecule is CCOC(=O)CC[C@@]1(C(=O)OCC)C[C@@H](CC(=O)NCc2cccs2)C(=O)N2CCCC=C21. The van der Waals surface area contributed by atoms with Crippen LogP contribution in [0.4, 0.5) is 0 Å². The van der Waals surface area contributed by atoms with Gasteiger partial charge in [-0.1, -0.05) is 12.1 Å². The van der Waals surface area contributed by atoms with E-state index in [1.165, 1.54) is 0 Å². The fourth-order valence-electron chi connectivity index (χ4n) is 4.63. The van der Waals surface area contributed by atoms with Crippen LogP contribution in [0.5, 0.6) is 0 Å². The number of fused-ring (bicyclic) bond motifs is 1. The Kier molecular flexibility index (Phi) is 8.66. The molecule has 0 unspecified atom stereocenters. The standard InChI is InChI=1S/C24H32N2O6S/c1-3-31-21(28)10-11-24(23(30)32-4-2)15-17(22(29)26-12-6-5-9-19(24)26)14-20(27)25-16-18-8-7-13-33-18/h7-9,13,17H,3-6,10-12,14-16H2,1-2H3,(H,25,27)/t17-,24-/m1/s1. The van der Waals surface area contributed by atoms with Gasteiger partial charge in [0.1, 0.15) is 5.41 Å². The summed E-state index contributed by atoms with van der Waals surface area (Å²) >= 11 is 1.55. The molecule has 0 aliphatic carbocycles. The largest absolute Gasteiger partial charge is 0.466 e. The maximum absolute atomic E-state index is 13.3. The molecule has 3 heterocycles. The Hall–Kier alpha value is -2.68. The monoisotopic (exact) mass is 476 g/mol. The molecule has 180 valence electrons. The third-order valence-electron chi connectivity index (χ3n) is 6.11. The fraction of sp³-hybridized carbons (Fsp3) is 0.583. The van der Waals surface area contributed by atoms with E-state index in [4.69, 9.17) is 9.47 Å². The van der Waals surface area contributed by atoms with Crippen LogP contribution < -0.4 is 5.32 Å². The number of hydrogen-bond donors (Lipinski definition) is 1. The average molecular weight is 477 g/mol. The van der Waals surface area contributed by atoms with E-state index >= 15 is 0 Å². The first-order chi connectivity index (χ1) is 15.9. The van der Waals surface area contributed by atoms with Crippen LogP contribution in [0.25, 0.3) is 0 Å². The number of carbonyl (C=O) groups excluding carboxylic acids is 4. The van der Waals surface area contributed by atoms with Crippen molar-refractivity contribution in [3.63, 3.8) is 0 Å². The summed E-state index contributed by atoms with van der Waals surface area (Å²) in [4.78, 5) is 54.1. The second kappa shape index (κ2) is 11.4. The molecule has 2 amide bonds. The van der Waals surface area contributed by atoms with E-state index in [9.17, 15) is 19.2 Å². The van der Waals surface area contributed by atoms with Gasteiger partial charge in [0.15, 0.2) is 0 Å². The van der Waals surface area contributed by atoms with E-state index in [0.717, 1.165) is 17.7 Å². The predicted molar refractivity (Wildman–Crippen MR) is 123 cm³/mol. The van der Waals surface area contributed by atoms with E-state index in [-0.39, 0.29) is 50.7 Å². The van der Waals surface area contributed by atoms with Crippen LogP contribution in [0.2, 0.25) is 0 Å². The number of nitrogens with zero attached hydrogens (tertiary/aromatic N) is 1. The van der Waals surface area contributed by atoms with Crippen LogP contribution in [0.1, 0.15) is 57.2 Å². The molecule has 0 spiro atoms. The first-order valence-electron chi connectivity index (χ1n) is 11.5. The van der Waals surface area contributed by atoms with Crippen molar-refractivity contribution >= 4 is 35.1 Å². The van der Waals surface area contributed by atoms with Crippen molar-refractivity contribution in [1.29, 1.82) is 0 Å². The molecule has 2 atom stereocenters.